The summed E-state index contributed by atoms with van der Waals surface area (Å²) >= 11 is 0. The van der Waals surface area contributed by atoms with Gasteiger partial charge in [-0.3, -0.25) is 0 Å². The average Bonchev–Trinajstić information content (AvgIpc) is 2.46. The van der Waals surface area contributed by atoms with Crippen LogP contribution in [0.25, 0.3) is 0 Å². The molecule has 2 rings (SSSR count). The molecule has 0 aromatic heterocycles. The third kappa shape index (κ3) is 3.40. The molecule has 1 aliphatic carbocycles. The summed E-state index contributed by atoms with van der Waals surface area (Å²) in [5.74, 6) is 0. The van der Waals surface area contributed by atoms with Crippen LogP contribution in [0.2, 0.25) is 0 Å². The van der Waals surface area contributed by atoms with Crippen LogP contribution in [0.3, 0.4) is 0 Å². The van der Waals surface area contributed by atoms with Gasteiger partial charge in [0.25, 0.3) is 0 Å². The number of benzene rings is 1. The van der Waals surface area contributed by atoms with Crippen LogP contribution in [-0.2, 0) is 10.0 Å². The van der Waals surface area contributed by atoms with Crippen LogP contribution in [-0.4, -0.2) is 32.9 Å². The molecule has 0 saturated heterocycles. The lowest BCUT2D eigenvalue weighted by Crippen LogP contribution is -2.40. The van der Waals surface area contributed by atoms with Crippen molar-refractivity contribution in [3.63, 3.8) is 0 Å². The highest BCUT2D eigenvalue weighted by molar-refractivity contribution is 7.89. The average molecular weight is 310 g/mol. The fourth-order valence-electron chi connectivity index (χ4n) is 3.00. The minimum Gasteiger partial charge on any atom is -0.387 e. The van der Waals surface area contributed by atoms with Gasteiger partial charge < -0.3 is 5.32 Å². The molecule has 1 fully saturated rings. The SMILES string of the molecule is CNc1ccccc1S(=O)(=O)N(C)C1CCC(C)(C)CC1. The Morgan fingerprint density at radius 3 is 2.33 bits per heavy atom. The monoisotopic (exact) mass is 310 g/mol. The van der Waals surface area contributed by atoms with Crippen LogP contribution in [0.1, 0.15) is 39.5 Å². The van der Waals surface area contributed by atoms with Gasteiger partial charge in [0, 0.05) is 20.1 Å². The maximum atomic E-state index is 12.9. The summed E-state index contributed by atoms with van der Waals surface area (Å²) < 4.78 is 27.3. The Hall–Kier alpha value is -1.07. The Morgan fingerprint density at radius 1 is 1.19 bits per heavy atom. The molecule has 1 aromatic rings. The Balaban J connectivity index is 2.23. The molecule has 5 heteroatoms. The molecule has 0 heterocycles. The quantitative estimate of drug-likeness (QED) is 0.928. The van der Waals surface area contributed by atoms with Crippen molar-refractivity contribution < 1.29 is 8.42 Å². The topological polar surface area (TPSA) is 49.4 Å². The van der Waals surface area contributed by atoms with E-state index in [1.165, 1.54) is 0 Å². The maximum absolute atomic E-state index is 12.9. The number of para-hydroxylation sites is 1. The van der Waals surface area contributed by atoms with Gasteiger partial charge in [0.05, 0.1) is 5.69 Å². The first-order valence-corrected chi connectivity index (χ1v) is 8.97. The lowest BCUT2D eigenvalue weighted by atomic mass is 9.76. The maximum Gasteiger partial charge on any atom is 0.245 e. The molecule has 0 amide bonds. The number of anilines is 1. The zero-order valence-corrected chi connectivity index (χ0v) is 14.2. The second kappa shape index (κ2) is 5.97. The zero-order valence-electron chi connectivity index (χ0n) is 13.4. The summed E-state index contributed by atoms with van der Waals surface area (Å²) in [6, 6.07) is 7.18. The van der Waals surface area contributed by atoms with Gasteiger partial charge in [-0.25, -0.2) is 8.42 Å². The van der Waals surface area contributed by atoms with Crippen molar-refractivity contribution >= 4 is 15.7 Å². The largest absolute Gasteiger partial charge is 0.387 e. The van der Waals surface area contributed by atoms with Gasteiger partial charge in [-0.15, -0.1) is 0 Å². The van der Waals surface area contributed by atoms with Gasteiger partial charge in [-0.1, -0.05) is 26.0 Å². The van der Waals surface area contributed by atoms with E-state index in [0.717, 1.165) is 25.7 Å². The van der Waals surface area contributed by atoms with Crippen LogP contribution < -0.4 is 5.32 Å². The number of sulfonamides is 1. The van der Waals surface area contributed by atoms with Crippen molar-refractivity contribution in [2.45, 2.75) is 50.5 Å². The summed E-state index contributed by atoms with van der Waals surface area (Å²) in [6.07, 6.45) is 4.02. The van der Waals surface area contributed by atoms with E-state index in [9.17, 15) is 8.42 Å². The van der Waals surface area contributed by atoms with E-state index in [1.807, 2.05) is 6.07 Å². The molecule has 1 aromatic carbocycles. The number of nitrogens with one attached hydrogen (secondary N) is 1. The zero-order chi connectivity index (χ0) is 15.7. The first-order valence-electron chi connectivity index (χ1n) is 7.53. The van der Waals surface area contributed by atoms with E-state index in [4.69, 9.17) is 0 Å². The van der Waals surface area contributed by atoms with E-state index in [0.29, 0.717) is 16.0 Å². The Labute approximate surface area is 128 Å². The molecular formula is C16H26N2O2S. The predicted octanol–water partition coefficient (Wildman–Crippen LogP) is 3.32. The highest BCUT2D eigenvalue weighted by Crippen LogP contribution is 2.38. The third-order valence-corrected chi connectivity index (χ3v) is 6.60. The highest BCUT2D eigenvalue weighted by atomic mass is 32.2. The second-order valence-corrected chi connectivity index (χ2v) is 8.63. The molecule has 0 atom stereocenters. The van der Waals surface area contributed by atoms with Crippen LogP contribution in [0.15, 0.2) is 29.2 Å². The lowest BCUT2D eigenvalue weighted by Gasteiger charge is -2.38. The normalized spacial score (nSPS) is 19.7. The Bertz CT molecular complexity index is 586. The Kier molecular flexibility index (Phi) is 4.63. The van der Waals surface area contributed by atoms with E-state index < -0.39 is 10.0 Å². The first kappa shape index (κ1) is 16.3. The van der Waals surface area contributed by atoms with Crippen molar-refractivity contribution in [2.24, 2.45) is 5.41 Å². The summed E-state index contributed by atoms with van der Waals surface area (Å²) in [6.45, 7) is 4.52. The van der Waals surface area contributed by atoms with Crippen molar-refractivity contribution in [1.29, 1.82) is 0 Å². The molecule has 1 aliphatic rings. The van der Waals surface area contributed by atoms with E-state index in [1.54, 1.807) is 36.6 Å². The van der Waals surface area contributed by atoms with Crippen LogP contribution in [0, 0.1) is 5.41 Å². The van der Waals surface area contributed by atoms with Gasteiger partial charge in [0.15, 0.2) is 0 Å². The summed E-state index contributed by atoms with van der Waals surface area (Å²) in [5.41, 5.74) is 0.991. The summed E-state index contributed by atoms with van der Waals surface area (Å²) in [4.78, 5) is 0.361. The molecule has 0 aliphatic heterocycles. The summed E-state index contributed by atoms with van der Waals surface area (Å²) in [7, 11) is 0.0128. The third-order valence-electron chi connectivity index (χ3n) is 4.64. The number of nitrogens with zero attached hydrogens (tertiary/aromatic N) is 1. The van der Waals surface area contributed by atoms with Crippen LogP contribution in [0.4, 0.5) is 5.69 Å². The Morgan fingerprint density at radius 2 is 1.76 bits per heavy atom. The van der Waals surface area contributed by atoms with Crippen LogP contribution >= 0.6 is 0 Å². The van der Waals surface area contributed by atoms with Crippen molar-refractivity contribution in [1.82, 2.24) is 4.31 Å². The van der Waals surface area contributed by atoms with Crippen molar-refractivity contribution in [3.8, 4) is 0 Å². The van der Waals surface area contributed by atoms with Crippen molar-refractivity contribution in [2.75, 3.05) is 19.4 Å². The van der Waals surface area contributed by atoms with Gasteiger partial charge in [0.1, 0.15) is 4.90 Å². The smallest absolute Gasteiger partial charge is 0.245 e. The lowest BCUT2D eigenvalue weighted by molar-refractivity contribution is 0.174. The molecule has 1 saturated carbocycles. The molecule has 1 N–H and O–H groups in total. The van der Waals surface area contributed by atoms with Crippen LogP contribution in [0.5, 0.6) is 0 Å². The minimum atomic E-state index is -3.45. The van der Waals surface area contributed by atoms with E-state index in [2.05, 4.69) is 19.2 Å². The highest BCUT2D eigenvalue weighted by Gasteiger charge is 2.34. The standard InChI is InChI=1S/C16H26N2O2S/c1-16(2)11-9-13(10-12-16)18(4)21(19,20)15-8-6-5-7-14(15)17-3/h5-8,13,17H,9-12H2,1-4H3. The van der Waals surface area contributed by atoms with Gasteiger partial charge in [-0.05, 0) is 43.2 Å². The number of hydrogen-bond acceptors (Lipinski definition) is 3. The fourth-order valence-corrected chi connectivity index (χ4v) is 4.61. The molecule has 0 radical (unpaired) electrons. The molecule has 118 valence electrons. The number of hydrogen-bond donors (Lipinski definition) is 1. The van der Waals surface area contributed by atoms with Gasteiger partial charge in [0.2, 0.25) is 10.0 Å². The van der Waals surface area contributed by atoms with Crippen molar-refractivity contribution in [3.05, 3.63) is 24.3 Å². The predicted molar refractivity (Wildman–Crippen MR) is 87.0 cm³/mol. The molecule has 0 unspecified atom stereocenters. The molecule has 0 bridgehead atoms. The first-order chi connectivity index (χ1) is 9.78. The molecular weight excluding hydrogens is 284 g/mol. The van der Waals surface area contributed by atoms with Gasteiger partial charge in [-0.2, -0.15) is 4.31 Å². The van der Waals surface area contributed by atoms with Gasteiger partial charge >= 0.3 is 0 Å². The number of rotatable bonds is 4. The molecule has 21 heavy (non-hydrogen) atoms. The minimum absolute atomic E-state index is 0.105. The second-order valence-electron chi connectivity index (χ2n) is 6.66. The molecule has 0 spiro atoms. The summed E-state index contributed by atoms with van der Waals surface area (Å²) in [5, 5.41) is 2.97. The van der Waals surface area contributed by atoms with E-state index in [-0.39, 0.29) is 6.04 Å². The fraction of sp³-hybridized carbons (Fsp3) is 0.625. The van der Waals surface area contributed by atoms with E-state index >= 15 is 0 Å². The molecule has 4 nitrogen and oxygen atoms in total.